The third-order valence-electron chi connectivity index (χ3n) is 4.78. The number of nitrogens with zero attached hydrogens (tertiary/aromatic N) is 2. The van der Waals surface area contributed by atoms with E-state index in [0.717, 1.165) is 16.8 Å². The minimum atomic E-state index is -0.179. The molecule has 0 saturated carbocycles. The number of amides is 1. The molecule has 1 amide bonds. The van der Waals surface area contributed by atoms with Crippen LogP contribution in [0.2, 0.25) is 5.02 Å². The van der Waals surface area contributed by atoms with Crippen molar-refractivity contribution in [1.29, 1.82) is 0 Å². The lowest BCUT2D eigenvalue weighted by molar-refractivity contribution is -0.116. The summed E-state index contributed by atoms with van der Waals surface area (Å²) in [7, 11) is 1.61. The van der Waals surface area contributed by atoms with Crippen molar-refractivity contribution in [2.45, 2.75) is 19.3 Å². The van der Waals surface area contributed by atoms with E-state index in [1.165, 1.54) is 0 Å². The van der Waals surface area contributed by atoms with Crippen LogP contribution in [0.1, 0.15) is 30.4 Å². The van der Waals surface area contributed by atoms with Crippen LogP contribution >= 0.6 is 11.6 Å². The highest BCUT2D eigenvalue weighted by Crippen LogP contribution is 2.44. The number of rotatable bonds is 5. The zero-order valence-corrected chi connectivity index (χ0v) is 16.4. The summed E-state index contributed by atoms with van der Waals surface area (Å²) in [6.07, 6.45) is 2.11. The summed E-state index contributed by atoms with van der Waals surface area (Å²) in [6.45, 7) is 2.43. The molecule has 3 aromatic rings. The molecule has 0 saturated heterocycles. The van der Waals surface area contributed by atoms with E-state index in [2.05, 4.69) is 10.4 Å². The fourth-order valence-corrected chi connectivity index (χ4v) is 3.67. The number of aromatic nitrogens is 2. The first-order valence-corrected chi connectivity index (χ1v) is 9.43. The third-order valence-corrected chi connectivity index (χ3v) is 5.04. The van der Waals surface area contributed by atoms with Gasteiger partial charge >= 0.3 is 0 Å². The number of nitrogens with one attached hydrogen (secondary N) is 1. The van der Waals surface area contributed by atoms with Crippen molar-refractivity contribution in [3.05, 3.63) is 64.8 Å². The Labute approximate surface area is 168 Å². The zero-order valence-electron chi connectivity index (χ0n) is 15.6. The van der Waals surface area contributed by atoms with Crippen LogP contribution in [0.4, 0.5) is 5.82 Å². The van der Waals surface area contributed by atoms with E-state index in [1.807, 2.05) is 37.3 Å². The SMILES string of the molecule is CCOc1c(OC)cccc1C1CC(=O)Nc2c1cnn2-c1ccc(Cl)cc1. The molecule has 4 rings (SSSR count). The van der Waals surface area contributed by atoms with Gasteiger partial charge in [0.15, 0.2) is 11.5 Å². The highest BCUT2D eigenvalue weighted by molar-refractivity contribution is 6.30. The van der Waals surface area contributed by atoms with Crippen molar-refractivity contribution in [1.82, 2.24) is 9.78 Å². The highest BCUT2D eigenvalue weighted by Gasteiger charge is 2.33. The van der Waals surface area contributed by atoms with E-state index < -0.39 is 0 Å². The van der Waals surface area contributed by atoms with Crippen LogP contribution in [-0.2, 0) is 4.79 Å². The van der Waals surface area contributed by atoms with Gasteiger partial charge in [0.25, 0.3) is 0 Å². The van der Waals surface area contributed by atoms with Crippen molar-refractivity contribution in [2.24, 2.45) is 0 Å². The summed E-state index contributed by atoms with van der Waals surface area (Å²) >= 11 is 5.99. The van der Waals surface area contributed by atoms with E-state index in [9.17, 15) is 4.79 Å². The van der Waals surface area contributed by atoms with Crippen molar-refractivity contribution in [2.75, 3.05) is 19.0 Å². The standard InChI is InChI=1S/C21H20ClN3O3/c1-3-28-20-15(5-4-6-18(20)27-2)16-11-19(26)24-21-17(16)12-23-25(21)14-9-7-13(22)8-10-14/h4-10,12,16H,3,11H2,1-2H3,(H,24,26). The molecule has 1 aliphatic heterocycles. The van der Waals surface area contributed by atoms with Crippen LogP contribution in [0, 0.1) is 0 Å². The van der Waals surface area contributed by atoms with Crippen LogP contribution in [0.3, 0.4) is 0 Å². The van der Waals surface area contributed by atoms with Gasteiger partial charge in [0, 0.05) is 28.5 Å². The second-order valence-corrected chi connectivity index (χ2v) is 6.89. The van der Waals surface area contributed by atoms with Gasteiger partial charge in [-0.25, -0.2) is 4.68 Å². The molecule has 2 aromatic carbocycles. The summed E-state index contributed by atoms with van der Waals surface area (Å²) < 4.78 is 13.1. The van der Waals surface area contributed by atoms with Gasteiger partial charge < -0.3 is 14.8 Å². The molecule has 28 heavy (non-hydrogen) atoms. The van der Waals surface area contributed by atoms with Crippen LogP contribution in [-0.4, -0.2) is 29.4 Å². The number of carbonyl (C=O) groups is 1. The van der Waals surface area contributed by atoms with Crippen LogP contribution < -0.4 is 14.8 Å². The fraction of sp³-hybridized carbons (Fsp3) is 0.238. The Bertz CT molecular complexity index is 1010. The van der Waals surface area contributed by atoms with Gasteiger partial charge in [0.1, 0.15) is 5.82 Å². The normalized spacial score (nSPS) is 15.7. The van der Waals surface area contributed by atoms with Gasteiger partial charge in [-0.1, -0.05) is 23.7 Å². The number of anilines is 1. The Morgan fingerprint density at radius 2 is 2.00 bits per heavy atom. The number of carbonyl (C=O) groups excluding carboxylic acids is 1. The lowest BCUT2D eigenvalue weighted by atomic mass is 9.86. The van der Waals surface area contributed by atoms with E-state index in [0.29, 0.717) is 35.4 Å². The van der Waals surface area contributed by atoms with Crippen molar-refractivity contribution < 1.29 is 14.3 Å². The summed E-state index contributed by atoms with van der Waals surface area (Å²) in [4.78, 5) is 12.5. The van der Waals surface area contributed by atoms with E-state index in [-0.39, 0.29) is 11.8 Å². The van der Waals surface area contributed by atoms with Crippen molar-refractivity contribution in [3.8, 4) is 17.2 Å². The number of ether oxygens (including phenoxy) is 2. The number of hydrogen-bond acceptors (Lipinski definition) is 4. The minimum Gasteiger partial charge on any atom is -0.493 e. The van der Waals surface area contributed by atoms with Crippen LogP contribution in [0.5, 0.6) is 11.5 Å². The number of benzene rings is 2. The molecule has 0 bridgehead atoms. The molecule has 7 heteroatoms. The van der Waals surface area contributed by atoms with Gasteiger partial charge in [-0.05, 0) is 37.3 Å². The number of para-hydroxylation sites is 1. The molecule has 1 N–H and O–H groups in total. The van der Waals surface area contributed by atoms with Gasteiger partial charge in [-0.15, -0.1) is 0 Å². The lowest BCUT2D eigenvalue weighted by Crippen LogP contribution is -2.25. The Balaban J connectivity index is 1.83. The third kappa shape index (κ3) is 3.20. The number of fused-ring (bicyclic) bond motifs is 1. The smallest absolute Gasteiger partial charge is 0.226 e. The molecular weight excluding hydrogens is 378 g/mol. The first-order chi connectivity index (χ1) is 13.6. The summed E-state index contributed by atoms with van der Waals surface area (Å²) in [5.41, 5.74) is 2.67. The zero-order chi connectivity index (χ0) is 19.7. The first-order valence-electron chi connectivity index (χ1n) is 9.05. The molecule has 1 aliphatic rings. The summed E-state index contributed by atoms with van der Waals surface area (Å²) in [5.74, 6) is 1.73. The number of halogens is 1. The second-order valence-electron chi connectivity index (χ2n) is 6.45. The number of hydrogen-bond donors (Lipinski definition) is 1. The van der Waals surface area contributed by atoms with E-state index in [1.54, 1.807) is 30.1 Å². The topological polar surface area (TPSA) is 65.4 Å². The van der Waals surface area contributed by atoms with Crippen LogP contribution in [0.15, 0.2) is 48.7 Å². The predicted octanol–water partition coefficient (Wildman–Crippen LogP) is 4.41. The average molecular weight is 398 g/mol. The van der Waals surface area contributed by atoms with Gasteiger partial charge in [0.05, 0.1) is 25.6 Å². The second kappa shape index (κ2) is 7.56. The molecule has 6 nitrogen and oxygen atoms in total. The Kier molecular flexibility index (Phi) is 4.96. The molecular formula is C21H20ClN3O3. The van der Waals surface area contributed by atoms with Gasteiger partial charge in [-0.2, -0.15) is 5.10 Å². The maximum atomic E-state index is 12.5. The van der Waals surface area contributed by atoms with Crippen molar-refractivity contribution in [3.63, 3.8) is 0 Å². The summed E-state index contributed by atoms with van der Waals surface area (Å²) in [5, 5.41) is 8.11. The monoisotopic (exact) mass is 397 g/mol. The van der Waals surface area contributed by atoms with Gasteiger partial charge in [0.2, 0.25) is 5.91 Å². The highest BCUT2D eigenvalue weighted by atomic mass is 35.5. The molecule has 144 valence electrons. The van der Waals surface area contributed by atoms with E-state index in [4.69, 9.17) is 21.1 Å². The minimum absolute atomic E-state index is 0.0709. The molecule has 0 radical (unpaired) electrons. The summed E-state index contributed by atoms with van der Waals surface area (Å²) in [6, 6.07) is 13.1. The number of methoxy groups -OCH3 is 1. The molecule has 1 atom stereocenters. The Hall–Kier alpha value is -2.99. The average Bonchev–Trinajstić information content (AvgIpc) is 3.12. The first kappa shape index (κ1) is 18.4. The molecule has 1 aromatic heterocycles. The fourth-order valence-electron chi connectivity index (χ4n) is 3.54. The Morgan fingerprint density at radius 1 is 1.21 bits per heavy atom. The lowest BCUT2D eigenvalue weighted by Gasteiger charge is -2.26. The quantitative estimate of drug-likeness (QED) is 0.692. The molecule has 2 heterocycles. The van der Waals surface area contributed by atoms with E-state index >= 15 is 0 Å². The van der Waals surface area contributed by atoms with Gasteiger partial charge in [-0.3, -0.25) is 4.79 Å². The predicted molar refractivity (Wildman–Crippen MR) is 108 cm³/mol. The molecule has 0 aliphatic carbocycles. The largest absolute Gasteiger partial charge is 0.493 e. The Morgan fingerprint density at radius 3 is 2.71 bits per heavy atom. The molecule has 0 fully saturated rings. The maximum absolute atomic E-state index is 12.5. The maximum Gasteiger partial charge on any atom is 0.226 e. The van der Waals surface area contributed by atoms with Crippen LogP contribution in [0.25, 0.3) is 5.69 Å². The van der Waals surface area contributed by atoms with Crippen molar-refractivity contribution >= 4 is 23.3 Å². The molecule has 1 unspecified atom stereocenters. The molecule has 0 spiro atoms.